The summed E-state index contributed by atoms with van der Waals surface area (Å²) in [6, 6.07) is 8.20. The Morgan fingerprint density at radius 3 is 2.65 bits per heavy atom. The third-order valence-corrected chi connectivity index (χ3v) is 4.20. The molecule has 0 aliphatic carbocycles. The summed E-state index contributed by atoms with van der Waals surface area (Å²) in [4.78, 5) is 4.79. The maximum atomic E-state index is 5.47. The molecule has 23 heavy (non-hydrogen) atoms. The molecule has 1 aliphatic heterocycles. The van der Waals surface area contributed by atoms with Crippen molar-refractivity contribution in [2.24, 2.45) is 0 Å². The molecule has 2 heterocycles. The number of para-hydroxylation sites is 2. The highest BCUT2D eigenvalue weighted by Crippen LogP contribution is 2.28. The molecule has 1 aliphatic rings. The molecule has 7 heteroatoms. The van der Waals surface area contributed by atoms with Gasteiger partial charge in [0.2, 0.25) is 0 Å². The molecule has 1 saturated heterocycles. The maximum absolute atomic E-state index is 5.47. The van der Waals surface area contributed by atoms with E-state index >= 15 is 0 Å². The van der Waals surface area contributed by atoms with E-state index in [1.54, 1.807) is 7.11 Å². The van der Waals surface area contributed by atoms with Gasteiger partial charge in [-0.05, 0) is 29.0 Å². The van der Waals surface area contributed by atoms with Crippen LogP contribution in [-0.4, -0.2) is 58.4 Å². The molecule has 0 unspecified atom stereocenters. The Bertz CT molecular complexity index is 621. The average Bonchev–Trinajstić information content (AvgIpc) is 3.03. The van der Waals surface area contributed by atoms with E-state index < -0.39 is 0 Å². The van der Waals surface area contributed by atoms with E-state index in [1.807, 2.05) is 16.8 Å². The zero-order valence-corrected chi connectivity index (χ0v) is 13.9. The summed E-state index contributed by atoms with van der Waals surface area (Å²) >= 11 is 0. The number of methoxy groups -OCH3 is 1. The smallest absolute Gasteiger partial charge is 0.165 e. The summed E-state index contributed by atoms with van der Waals surface area (Å²) in [6.45, 7) is 7.78. The molecule has 1 fully saturated rings. The molecule has 0 radical (unpaired) electrons. The number of tetrazole rings is 1. The molecule has 1 aromatic heterocycles. The topological polar surface area (TPSA) is 59.3 Å². The molecule has 3 rings (SSSR count). The number of rotatable bonds is 6. The van der Waals surface area contributed by atoms with Gasteiger partial charge in [0.25, 0.3) is 0 Å². The van der Waals surface area contributed by atoms with Crippen molar-refractivity contribution < 1.29 is 4.74 Å². The molecule has 0 atom stereocenters. The number of nitrogens with zero attached hydrogens (tertiary/aromatic N) is 6. The predicted molar refractivity (Wildman–Crippen MR) is 88.6 cm³/mol. The normalized spacial score (nSPS) is 15.8. The van der Waals surface area contributed by atoms with Crippen LogP contribution in [0.3, 0.4) is 0 Å². The number of aryl methyl sites for hydroxylation is 1. The van der Waals surface area contributed by atoms with Crippen LogP contribution in [0.2, 0.25) is 0 Å². The van der Waals surface area contributed by atoms with E-state index in [0.29, 0.717) is 0 Å². The Balaban J connectivity index is 1.59. The highest BCUT2D eigenvalue weighted by molar-refractivity contribution is 5.58. The Hall–Kier alpha value is -2.15. The molecule has 0 bridgehead atoms. The number of anilines is 1. The standard InChI is InChI=1S/C16H24N6O/c1-3-8-22-16(17-18-19-22)13-20-9-11-21(12-10-20)14-6-4-5-7-15(14)23-2/h4-7H,3,8-13H2,1-2H3. The minimum absolute atomic E-state index is 0.812. The summed E-state index contributed by atoms with van der Waals surface area (Å²) in [6.07, 6.45) is 1.04. The van der Waals surface area contributed by atoms with E-state index in [4.69, 9.17) is 4.74 Å². The third kappa shape index (κ3) is 3.61. The van der Waals surface area contributed by atoms with Gasteiger partial charge in [0.05, 0.1) is 19.3 Å². The molecule has 0 spiro atoms. The quantitative estimate of drug-likeness (QED) is 0.803. The van der Waals surface area contributed by atoms with Crippen molar-refractivity contribution in [1.82, 2.24) is 25.1 Å². The first-order valence-corrected chi connectivity index (χ1v) is 8.17. The van der Waals surface area contributed by atoms with Gasteiger partial charge in [-0.15, -0.1) is 5.10 Å². The van der Waals surface area contributed by atoms with Crippen LogP contribution in [0.1, 0.15) is 19.2 Å². The van der Waals surface area contributed by atoms with Gasteiger partial charge in [0, 0.05) is 32.7 Å². The van der Waals surface area contributed by atoms with Crippen LogP contribution in [0.25, 0.3) is 0 Å². The van der Waals surface area contributed by atoms with Crippen molar-refractivity contribution in [3.8, 4) is 5.75 Å². The number of hydrogen-bond donors (Lipinski definition) is 0. The molecule has 7 nitrogen and oxygen atoms in total. The van der Waals surface area contributed by atoms with E-state index in [0.717, 1.165) is 57.3 Å². The van der Waals surface area contributed by atoms with Gasteiger partial charge >= 0.3 is 0 Å². The fraction of sp³-hybridized carbons (Fsp3) is 0.562. The van der Waals surface area contributed by atoms with Crippen LogP contribution in [0, 0.1) is 0 Å². The number of ether oxygens (including phenoxy) is 1. The lowest BCUT2D eigenvalue weighted by Gasteiger charge is -2.36. The van der Waals surface area contributed by atoms with Gasteiger partial charge < -0.3 is 9.64 Å². The van der Waals surface area contributed by atoms with Crippen molar-refractivity contribution in [3.63, 3.8) is 0 Å². The Morgan fingerprint density at radius 2 is 1.91 bits per heavy atom. The average molecular weight is 316 g/mol. The second-order valence-electron chi connectivity index (χ2n) is 5.75. The summed E-state index contributed by atoms with van der Waals surface area (Å²) in [5.74, 6) is 1.89. The monoisotopic (exact) mass is 316 g/mol. The second-order valence-corrected chi connectivity index (χ2v) is 5.75. The van der Waals surface area contributed by atoms with Crippen molar-refractivity contribution in [2.75, 3.05) is 38.2 Å². The molecular weight excluding hydrogens is 292 g/mol. The van der Waals surface area contributed by atoms with Gasteiger partial charge in [-0.1, -0.05) is 19.1 Å². The van der Waals surface area contributed by atoms with Crippen molar-refractivity contribution in [3.05, 3.63) is 30.1 Å². The summed E-state index contributed by atoms with van der Waals surface area (Å²) in [7, 11) is 1.72. The molecule has 0 amide bonds. The third-order valence-electron chi connectivity index (χ3n) is 4.20. The minimum Gasteiger partial charge on any atom is -0.495 e. The van der Waals surface area contributed by atoms with Crippen molar-refractivity contribution >= 4 is 5.69 Å². The zero-order valence-electron chi connectivity index (χ0n) is 13.9. The first-order chi connectivity index (χ1) is 11.3. The van der Waals surface area contributed by atoms with Gasteiger partial charge in [-0.3, -0.25) is 4.90 Å². The molecule has 0 N–H and O–H groups in total. The molecular formula is C16H24N6O. The van der Waals surface area contributed by atoms with Gasteiger partial charge in [-0.2, -0.15) is 0 Å². The van der Waals surface area contributed by atoms with Gasteiger partial charge in [0.15, 0.2) is 5.82 Å². The summed E-state index contributed by atoms with van der Waals surface area (Å²) in [5.41, 5.74) is 1.17. The molecule has 0 saturated carbocycles. The number of aromatic nitrogens is 4. The number of piperazine rings is 1. The second kappa shape index (κ2) is 7.41. The highest BCUT2D eigenvalue weighted by atomic mass is 16.5. The van der Waals surface area contributed by atoms with Crippen LogP contribution < -0.4 is 9.64 Å². The molecule has 124 valence electrons. The van der Waals surface area contributed by atoms with Crippen LogP contribution in [0.15, 0.2) is 24.3 Å². The molecule has 1 aromatic carbocycles. The number of hydrogen-bond acceptors (Lipinski definition) is 6. The zero-order chi connectivity index (χ0) is 16.1. The predicted octanol–water partition coefficient (Wildman–Crippen LogP) is 1.41. The van der Waals surface area contributed by atoms with Crippen LogP contribution in [-0.2, 0) is 13.1 Å². The van der Waals surface area contributed by atoms with E-state index in [-0.39, 0.29) is 0 Å². The minimum atomic E-state index is 0.812. The Morgan fingerprint density at radius 1 is 1.13 bits per heavy atom. The first-order valence-electron chi connectivity index (χ1n) is 8.17. The number of benzene rings is 1. The lowest BCUT2D eigenvalue weighted by atomic mass is 10.2. The maximum Gasteiger partial charge on any atom is 0.165 e. The van der Waals surface area contributed by atoms with Crippen LogP contribution >= 0.6 is 0 Å². The highest BCUT2D eigenvalue weighted by Gasteiger charge is 2.21. The first kappa shape index (κ1) is 15.7. The lowest BCUT2D eigenvalue weighted by molar-refractivity contribution is 0.238. The Labute approximate surface area is 136 Å². The lowest BCUT2D eigenvalue weighted by Crippen LogP contribution is -2.46. The SMILES string of the molecule is CCCn1nnnc1CN1CCN(c2ccccc2OC)CC1. The molecule has 2 aromatic rings. The van der Waals surface area contributed by atoms with Crippen LogP contribution in [0.5, 0.6) is 5.75 Å². The van der Waals surface area contributed by atoms with Crippen LogP contribution in [0.4, 0.5) is 5.69 Å². The van der Waals surface area contributed by atoms with Crippen molar-refractivity contribution in [2.45, 2.75) is 26.4 Å². The summed E-state index contributed by atoms with van der Waals surface area (Å²) in [5, 5.41) is 12.0. The summed E-state index contributed by atoms with van der Waals surface area (Å²) < 4.78 is 7.38. The fourth-order valence-electron chi connectivity index (χ4n) is 2.96. The van der Waals surface area contributed by atoms with E-state index in [9.17, 15) is 0 Å². The van der Waals surface area contributed by atoms with Gasteiger partial charge in [0.1, 0.15) is 5.75 Å². The van der Waals surface area contributed by atoms with E-state index in [2.05, 4.69) is 44.4 Å². The Kier molecular flexibility index (Phi) is 5.07. The van der Waals surface area contributed by atoms with Gasteiger partial charge in [-0.25, -0.2) is 4.68 Å². The van der Waals surface area contributed by atoms with E-state index in [1.165, 1.54) is 5.69 Å². The fourth-order valence-corrected chi connectivity index (χ4v) is 2.96. The van der Waals surface area contributed by atoms with Crippen molar-refractivity contribution in [1.29, 1.82) is 0 Å². The largest absolute Gasteiger partial charge is 0.495 e.